The van der Waals surface area contributed by atoms with E-state index in [9.17, 15) is 4.79 Å². The van der Waals surface area contributed by atoms with Crippen LogP contribution in [0.4, 0.5) is 5.69 Å². The summed E-state index contributed by atoms with van der Waals surface area (Å²) in [6.45, 7) is 2.24. The van der Waals surface area contributed by atoms with E-state index in [1.165, 1.54) is 23.3 Å². The maximum atomic E-state index is 12.6. The number of rotatable bonds is 5. The summed E-state index contributed by atoms with van der Waals surface area (Å²) < 4.78 is 10.5. The molecule has 1 heterocycles. The van der Waals surface area contributed by atoms with Crippen LogP contribution in [0.5, 0.6) is 11.5 Å². The monoisotopic (exact) mass is 345 g/mol. The van der Waals surface area contributed by atoms with Gasteiger partial charge in [-0.25, -0.2) is 0 Å². The molecule has 0 bridgehead atoms. The van der Waals surface area contributed by atoms with E-state index in [2.05, 4.69) is 18.3 Å². The van der Waals surface area contributed by atoms with Crippen molar-refractivity contribution in [3.63, 3.8) is 0 Å². The van der Waals surface area contributed by atoms with Gasteiger partial charge in [0.2, 0.25) is 0 Å². The van der Waals surface area contributed by atoms with Crippen molar-refractivity contribution in [1.29, 1.82) is 0 Å². The van der Waals surface area contributed by atoms with Crippen LogP contribution in [0, 0.1) is 5.92 Å². The number of fused-ring (bicyclic) bond motifs is 1. The third-order valence-electron chi connectivity index (χ3n) is 4.60. The quantitative estimate of drug-likeness (QED) is 0.866. The van der Waals surface area contributed by atoms with E-state index in [1.807, 2.05) is 0 Å². The molecule has 0 fully saturated rings. The van der Waals surface area contributed by atoms with E-state index in [0.717, 1.165) is 23.6 Å². The Morgan fingerprint density at radius 1 is 1.21 bits per heavy atom. The summed E-state index contributed by atoms with van der Waals surface area (Å²) in [6.07, 6.45) is 4.64. The van der Waals surface area contributed by atoms with Gasteiger partial charge in [0.1, 0.15) is 11.5 Å². The van der Waals surface area contributed by atoms with Crippen LogP contribution in [0.2, 0.25) is 0 Å². The smallest absolute Gasteiger partial charge is 0.265 e. The highest BCUT2D eigenvalue weighted by Gasteiger charge is 2.22. The number of ether oxygens (including phenoxy) is 2. The lowest BCUT2D eigenvalue weighted by atomic mass is 9.87. The molecule has 0 saturated heterocycles. The Labute approximate surface area is 146 Å². The van der Waals surface area contributed by atoms with Crippen LogP contribution in [0.3, 0.4) is 0 Å². The van der Waals surface area contributed by atoms with E-state index in [-0.39, 0.29) is 5.91 Å². The Bertz CT molecular complexity index is 716. The Morgan fingerprint density at radius 3 is 2.54 bits per heavy atom. The first kappa shape index (κ1) is 16.8. The molecule has 0 unspecified atom stereocenters. The molecule has 24 heavy (non-hydrogen) atoms. The molecule has 1 atom stereocenters. The lowest BCUT2D eigenvalue weighted by molar-refractivity contribution is 0.103. The highest BCUT2D eigenvalue weighted by Crippen LogP contribution is 2.34. The van der Waals surface area contributed by atoms with E-state index in [0.29, 0.717) is 17.2 Å². The SMILES string of the molecule is CC[C@@H]1CCc2sc(C(=O)Nc3cc(OC)cc(OC)c3)cc2C1. The maximum absolute atomic E-state index is 12.6. The average molecular weight is 345 g/mol. The molecule has 5 heteroatoms. The number of carbonyl (C=O) groups excluding carboxylic acids is 1. The van der Waals surface area contributed by atoms with Crippen molar-refractivity contribution in [2.45, 2.75) is 32.6 Å². The zero-order chi connectivity index (χ0) is 17.1. The topological polar surface area (TPSA) is 47.6 Å². The molecule has 0 saturated carbocycles. The number of amides is 1. The van der Waals surface area contributed by atoms with Crippen molar-refractivity contribution in [1.82, 2.24) is 0 Å². The first-order valence-electron chi connectivity index (χ1n) is 8.29. The minimum absolute atomic E-state index is 0.0715. The van der Waals surface area contributed by atoms with Crippen LogP contribution in [0.1, 0.15) is 39.9 Å². The fraction of sp³-hybridized carbons (Fsp3) is 0.421. The minimum atomic E-state index is -0.0715. The second-order valence-electron chi connectivity index (χ2n) is 6.13. The van der Waals surface area contributed by atoms with Gasteiger partial charge < -0.3 is 14.8 Å². The molecule has 1 aromatic heterocycles. The third kappa shape index (κ3) is 3.56. The van der Waals surface area contributed by atoms with Crippen LogP contribution in [-0.4, -0.2) is 20.1 Å². The van der Waals surface area contributed by atoms with Crippen LogP contribution in [0.15, 0.2) is 24.3 Å². The molecular weight excluding hydrogens is 322 g/mol. The van der Waals surface area contributed by atoms with Crippen LogP contribution in [-0.2, 0) is 12.8 Å². The second-order valence-corrected chi connectivity index (χ2v) is 7.27. The number of benzene rings is 1. The summed E-state index contributed by atoms with van der Waals surface area (Å²) in [5.41, 5.74) is 2.03. The Hall–Kier alpha value is -2.01. The Balaban J connectivity index is 1.77. The van der Waals surface area contributed by atoms with E-state index in [4.69, 9.17) is 9.47 Å². The number of nitrogens with one attached hydrogen (secondary N) is 1. The normalized spacial score (nSPS) is 16.4. The highest BCUT2D eigenvalue weighted by atomic mass is 32.1. The van der Waals surface area contributed by atoms with Gasteiger partial charge in [-0.05, 0) is 36.8 Å². The number of hydrogen-bond donors (Lipinski definition) is 1. The number of methoxy groups -OCH3 is 2. The number of anilines is 1. The van der Waals surface area contributed by atoms with Crippen LogP contribution in [0.25, 0.3) is 0 Å². The molecule has 4 nitrogen and oxygen atoms in total. The minimum Gasteiger partial charge on any atom is -0.497 e. The van der Waals surface area contributed by atoms with Gasteiger partial charge in [-0.1, -0.05) is 13.3 Å². The molecular formula is C19H23NO3S. The molecule has 1 aliphatic rings. The van der Waals surface area contributed by atoms with Crippen molar-refractivity contribution in [3.05, 3.63) is 39.6 Å². The molecule has 128 valence electrons. The summed E-state index contributed by atoms with van der Waals surface area (Å²) in [5.74, 6) is 1.99. The first-order chi connectivity index (χ1) is 11.6. The van der Waals surface area contributed by atoms with Crippen LogP contribution < -0.4 is 14.8 Å². The first-order valence-corrected chi connectivity index (χ1v) is 9.10. The van der Waals surface area contributed by atoms with Crippen molar-refractivity contribution in [2.24, 2.45) is 5.92 Å². The van der Waals surface area contributed by atoms with Gasteiger partial charge in [0, 0.05) is 28.8 Å². The van der Waals surface area contributed by atoms with Gasteiger partial charge in [0.15, 0.2) is 0 Å². The van der Waals surface area contributed by atoms with Gasteiger partial charge in [0.05, 0.1) is 19.1 Å². The number of carbonyl (C=O) groups is 1. The predicted octanol–water partition coefficient (Wildman–Crippen LogP) is 4.53. The highest BCUT2D eigenvalue weighted by molar-refractivity contribution is 7.14. The lowest BCUT2D eigenvalue weighted by Crippen LogP contribution is -2.11. The summed E-state index contributed by atoms with van der Waals surface area (Å²) in [6, 6.07) is 7.43. The molecule has 1 N–H and O–H groups in total. The third-order valence-corrected chi connectivity index (χ3v) is 5.83. The summed E-state index contributed by atoms with van der Waals surface area (Å²) in [4.78, 5) is 14.7. The standard InChI is InChI=1S/C19H23NO3S/c1-4-12-5-6-17-13(7-12)8-18(24-17)19(21)20-14-9-15(22-2)11-16(10-14)23-3/h8-12H,4-7H2,1-3H3,(H,20,21)/t12-/m1/s1. The zero-order valence-corrected chi connectivity index (χ0v) is 15.2. The van der Waals surface area contributed by atoms with Crippen molar-refractivity contribution >= 4 is 22.9 Å². The van der Waals surface area contributed by atoms with Gasteiger partial charge in [-0.3, -0.25) is 4.79 Å². The molecule has 3 rings (SSSR count). The van der Waals surface area contributed by atoms with Gasteiger partial charge >= 0.3 is 0 Å². The Kier molecular flexibility index (Phi) is 5.09. The largest absolute Gasteiger partial charge is 0.497 e. The molecule has 0 aliphatic heterocycles. The summed E-state index contributed by atoms with van der Waals surface area (Å²) in [5, 5.41) is 2.95. The molecule has 1 aliphatic carbocycles. The number of aryl methyl sites for hydroxylation is 1. The molecule has 0 radical (unpaired) electrons. The van der Waals surface area contributed by atoms with Gasteiger partial charge in [-0.15, -0.1) is 11.3 Å². The van der Waals surface area contributed by atoms with Crippen molar-refractivity contribution in [3.8, 4) is 11.5 Å². The molecule has 0 spiro atoms. The van der Waals surface area contributed by atoms with E-state index < -0.39 is 0 Å². The molecule has 1 aromatic carbocycles. The zero-order valence-electron chi connectivity index (χ0n) is 14.3. The van der Waals surface area contributed by atoms with Crippen LogP contribution >= 0.6 is 11.3 Å². The number of thiophene rings is 1. The fourth-order valence-electron chi connectivity index (χ4n) is 3.13. The van der Waals surface area contributed by atoms with E-state index >= 15 is 0 Å². The van der Waals surface area contributed by atoms with Crippen molar-refractivity contribution in [2.75, 3.05) is 19.5 Å². The lowest BCUT2D eigenvalue weighted by Gasteiger charge is -2.19. The average Bonchev–Trinajstić information content (AvgIpc) is 3.04. The Morgan fingerprint density at radius 2 is 1.92 bits per heavy atom. The predicted molar refractivity (Wildman–Crippen MR) is 97.6 cm³/mol. The maximum Gasteiger partial charge on any atom is 0.265 e. The summed E-state index contributed by atoms with van der Waals surface area (Å²) in [7, 11) is 3.19. The fourth-order valence-corrected chi connectivity index (χ4v) is 4.24. The van der Waals surface area contributed by atoms with Gasteiger partial charge in [0.25, 0.3) is 5.91 Å². The molecule has 2 aromatic rings. The number of hydrogen-bond acceptors (Lipinski definition) is 4. The molecule has 1 amide bonds. The summed E-state index contributed by atoms with van der Waals surface area (Å²) >= 11 is 1.62. The van der Waals surface area contributed by atoms with Gasteiger partial charge in [-0.2, -0.15) is 0 Å². The second kappa shape index (κ2) is 7.26. The van der Waals surface area contributed by atoms with Crippen molar-refractivity contribution < 1.29 is 14.3 Å². The van der Waals surface area contributed by atoms with E-state index in [1.54, 1.807) is 43.8 Å².